The minimum absolute atomic E-state index is 0.253. The van der Waals surface area contributed by atoms with Gasteiger partial charge in [0.2, 0.25) is 5.78 Å². The molecule has 1 aromatic carbocycles. The molecule has 0 aliphatic carbocycles. The molecule has 0 spiro atoms. The highest BCUT2D eigenvalue weighted by Gasteiger charge is 2.16. The first kappa shape index (κ1) is 12.4. The van der Waals surface area contributed by atoms with Crippen LogP contribution in [0.5, 0.6) is 5.75 Å². The number of para-hydroxylation sites is 1. The highest BCUT2D eigenvalue weighted by Crippen LogP contribution is 2.10. The Morgan fingerprint density at radius 2 is 1.81 bits per heavy atom. The van der Waals surface area contributed by atoms with Crippen LogP contribution in [0.1, 0.15) is 26.7 Å². The van der Waals surface area contributed by atoms with Crippen LogP contribution in [0.2, 0.25) is 0 Å². The van der Waals surface area contributed by atoms with Gasteiger partial charge in [-0.3, -0.25) is 4.79 Å². The Morgan fingerprint density at radius 3 is 2.38 bits per heavy atom. The monoisotopic (exact) mass is 220 g/mol. The summed E-state index contributed by atoms with van der Waals surface area (Å²) in [5.41, 5.74) is 0. The van der Waals surface area contributed by atoms with Crippen molar-refractivity contribution in [2.45, 2.75) is 26.7 Å². The summed E-state index contributed by atoms with van der Waals surface area (Å²) in [4.78, 5) is 22.7. The summed E-state index contributed by atoms with van der Waals surface area (Å²) < 4.78 is 4.92. The number of rotatable bonds is 5. The zero-order chi connectivity index (χ0) is 12.0. The number of carbonyl (C=O) groups excluding carboxylic acids is 2. The van der Waals surface area contributed by atoms with Crippen LogP contribution in [-0.2, 0) is 9.59 Å². The molecular formula is C13H16O3. The van der Waals surface area contributed by atoms with E-state index in [2.05, 4.69) is 0 Å². The maximum absolute atomic E-state index is 11.4. The fourth-order valence-electron chi connectivity index (χ4n) is 1.17. The van der Waals surface area contributed by atoms with E-state index < -0.39 is 11.8 Å². The van der Waals surface area contributed by atoms with Crippen molar-refractivity contribution in [2.24, 2.45) is 5.92 Å². The van der Waals surface area contributed by atoms with Crippen LogP contribution < -0.4 is 4.74 Å². The van der Waals surface area contributed by atoms with Gasteiger partial charge >= 0.3 is 5.97 Å². The van der Waals surface area contributed by atoms with Crippen molar-refractivity contribution in [3.05, 3.63) is 30.3 Å². The summed E-state index contributed by atoms with van der Waals surface area (Å²) >= 11 is 0. The Kier molecular flexibility index (Phi) is 4.70. The summed E-state index contributed by atoms with van der Waals surface area (Å²) in [5, 5.41) is 0. The van der Waals surface area contributed by atoms with Crippen LogP contribution >= 0.6 is 0 Å². The molecule has 0 aliphatic rings. The number of hydrogen-bond acceptors (Lipinski definition) is 3. The van der Waals surface area contributed by atoms with Gasteiger partial charge in [0, 0.05) is 6.42 Å². The number of ketones is 1. The highest BCUT2D eigenvalue weighted by atomic mass is 16.5. The number of carbonyl (C=O) groups is 2. The molecule has 0 saturated carbocycles. The van der Waals surface area contributed by atoms with Crippen molar-refractivity contribution in [3.8, 4) is 5.75 Å². The van der Waals surface area contributed by atoms with Gasteiger partial charge in [0.25, 0.3) is 0 Å². The second-order valence-corrected chi connectivity index (χ2v) is 4.06. The first-order valence-electron chi connectivity index (χ1n) is 5.39. The Bertz CT molecular complexity index is 355. The van der Waals surface area contributed by atoms with E-state index in [9.17, 15) is 9.59 Å². The minimum atomic E-state index is -0.771. The first-order chi connectivity index (χ1) is 7.59. The summed E-state index contributed by atoms with van der Waals surface area (Å²) in [6.07, 6.45) is 0.964. The zero-order valence-corrected chi connectivity index (χ0v) is 9.60. The molecule has 1 aromatic rings. The fourth-order valence-corrected chi connectivity index (χ4v) is 1.17. The lowest BCUT2D eigenvalue weighted by Crippen LogP contribution is -2.20. The van der Waals surface area contributed by atoms with Crippen LogP contribution in [0, 0.1) is 5.92 Å². The zero-order valence-electron chi connectivity index (χ0n) is 9.60. The largest absolute Gasteiger partial charge is 0.421 e. The molecule has 0 aromatic heterocycles. The van der Waals surface area contributed by atoms with Gasteiger partial charge in [-0.1, -0.05) is 32.0 Å². The number of benzene rings is 1. The van der Waals surface area contributed by atoms with E-state index in [1.165, 1.54) is 0 Å². The molecule has 0 atom stereocenters. The number of hydrogen-bond donors (Lipinski definition) is 0. The summed E-state index contributed by atoms with van der Waals surface area (Å²) in [5.74, 6) is -0.414. The maximum Gasteiger partial charge on any atom is 0.379 e. The third-order valence-electron chi connectivity index (χ3n) is 2.13. The molecule has 0 amide bonds. The average molecular weight is 220 g/mol. The molecule has 0 aliphatic heterocycles. The lowest BCUT2D eigenvalue weighted by Gasteiger charge is -2.04. The lowest BCUT2D eigenvalue weighted by atomic mass is 10.1. The standard InChI is InChI=1S/C13H16O3/c1-10(2)8-9-12(14)13(15)16-11-6-4-3-5-7-11/h3-7,10H,8-9H2,1-2H3. The second kappa shape index (κ2) is 6.05. The smallest absolute Gasteiger partial charge is 0.379 e. The normalized spacial score (nSPS) is 10.2. The maximum atomic E-state index is 11.4. The molecule has 3 heteroatoms. The number of Topliss-reactive ketones (excluding diaryl/α,β-unsaturated/α-hetero) is 1. The van der Waals surface area contributed by atoms with Crippen LogP contribution in [0.3, 0.4) is 0 Å². The van der Waals surface area contributed by atoms with E-state index in [0.29, 0.717) is 18.1 Å². The van der Waals surface area contributed by atoms with E-state index in [4.69, 9.17) is 4.74 Å². The Balaban J connectivity index is 2.44. The van der Waals surface area contributed by atoms with E-state index in [1.807, 2.05) is 19.9 Å². The van der Waals surface area contributed by atoms with Crippen LogP contribution in [-0.4, -0.2) is 11.8 Å². The highest BCUT2D eigenvalue weighted by molar-refractivity contribution is 6.34. The molecule has 3 nitrogen and oxygen atoms in total. The SMILES string of the molecule is CC(C)CCC(=O)C(=O)Oc1ccccc1. The lowest BCUT2D eigenvalue weighted by molar-refractivity contribution is -0.147. The fraction of sp³-hybridized carbons (Fsp3) is 0.385. The molecule has 0 unspecified atom stereocenters. The van der Waals surface area contributed by atoms with E-state index in [1.54, 1.807) is 24.3 Å². The van der Waals surface area contributed by atoms with Gasteiger partial charge in [0.1, 0.15) is 5.75 Å². The third kappa shape index (κ3) is 4.26. The van der Waals surface area contributed by atoms with Crippen LogP contribution in [0.4, 0.5) is 0 Å². The molecule has 1 rings (SSSR count). The second-order valence-electron chi connectivity index (χ2n) is 4.06. The minimum Gasteiger partial charge on any atom is -0.421 e. The summed E-state index contributed by atoms with van der Waals surface area (Å²) in [7, 11) is 0. The molecule has 0 fully saturated rings. The quantitative estimate of drug-likeness (QED) is 0.435. The van der Waals surface area contributed by atoms with Crippen molar-refractivity contribution in [1.82, 2.24) is 0 Å². The van der Waals surface area contributed by atoms with Crippen LogP contribution in [0.15, 0.2) is 30.3 Å². The third-order valence-corrected chi connectivity index (χ3v) is 2.13. The molecule has 16 heavy (non-hydrogen) atoms. The van der Waals surface area contributed by atoms with Crippen molar-refractivity contribution in [3.63, 3.8) is 0 Å². The average Bonchev–Trinajstić information content (AvgIpc) is 2.27. The predicted molar refractivity (Wildman–Crippen MR) is 61.2 cm³/mol. The van der Waals surface area contributed by atoms with Gasteiger partial charge < -0.3 is 4.74 Å². The topological polar surface area (TPSA) is 43.4 Å². The van der Waals surface area contributed by atoms with Gasteiger partial charge in [-0.2, -0.15) is 0 Å². The Labute approximate surface area is 95.4 Å². The van der Waals surface area contributed by atoms with Gasteiger partial charge in [-0.15, -0.1) is 0 Å². The summed E-state index contributed by atoms with van der Waals surface area (Å²) in [6.45, 7) is 4.02. The Hall–Kier alpha value is -1.64. The Morgan fingerprint density at radius 1 is 1.19 bits per heavy atom. The van der Waals surface area contributed by atoms with Gasteiger partial charge in [-0.25, -0.2) is 4.79 Å². The van der Waals surface area contributed by atoms with Gasteiger partial charge in [0.05, 0.1) is 0 Å². The van der Waals surface area contributed by atoms with Crippen molar-refractivity contribution >= 4 is 11.8 Å². The molecule has 0 saturated heterocycles. The molecule has 0 bridgehead atoms. The van der Waals surface area contributed by atoms with E-state index >= 15 is 0 Å². The van der Waals surface area contributed by atoms with E-state index in [-0.39, 0.29) is 6.42 Å². The first-order valence-corrected chi connectivity index (χ1v) is 5.39. The molecule has 86 valence electrons. The van der Waals surface area contributed by atoms with Crippen molar-refractivity contribution in [1.29, 1.82) is 0 Å². The van der Waals surface area contributed by atoms with Crippen molar-refractivity contribution in [2.75, 3.05) is 0 Å². The van der Waals surface area contributed by atoms with Gasteiger partial charge in [-0.05, 0) is 24.5 Å². The molecular weight excluding hydrogens is 204 g/mol. The number of esters is 1. The van der Waals surface area contributed by atoms with Crippen molar-refractivity contribution < 1.29 is 14.3 Å². The summed E-state index contributed by atoms with van der Waals surface area (Å²) in [6, 6.07) is 8.61. The van der Waals surface area contributed by atoms with E-state index in [0.717, 1.165) is 0 Å². The van der Waals surface area contributed by atoms with Gasteiger partial charge in [0.15, 0.2) is 0 Å². The van der Waals surface area contributed by atoms with Crippen LogP contribution in [0.25, 0.3) is 0 Å². The molecule has 0 N–H and O–H groups in total. The predicted octanol–water partition coefficient (Wildman–Crippen LogP) is 2.60. The number of ether oxygens (including phenoxy) is 1. The molecule has 0 radical (unpaired) electrons. The molecule has 0 heterocycles.